The summed E-state index contributed by atoms with van der Waals surface area (Å²) in [6.07, 6.45) is 1.99. The Morgan fingerprint density at radius 3 is 2.33 bits per heavy atom. The summed E-state index contributed by atoms with van der Waals surface area (Å²) in [7, 11) is -3.17. The highest BCUT2D eigenvalue weighted by Gasteiger charge is 2.30. The Balaban J connectivity index is 2.38. The first kappa shape index (κ1) is 16.3. The lowest BCUT2D eigenvalue weighted by atomic mass is 10.3. The second-order valence-electron chi connectivity index (χ2n) is 5.85. The minimum atomic E-state index is -3.17. The molecule has 2 aromatic rings. The van der Waals surface area contributed by atoms with Gasteiger partial charge in [0, 0.05) is 17.4 Å². The number of pyridine rings is 1. The van der Waals surface area contributed by atoms with Crippen LogP contribution < -0.4 is 0 Å². The van der Waals surface area contributed by atoms with Crippen LogP contribution in [-0.2, 0) is 19.8 Å². The summed E-state index contributed by atoms with van der Waals surface area (Å²) >= 11 is 0. The molecule has 2 heterocycles. The number of rotatable bonds is 6. The molecule has 0 spiro atoms. The number of aromatic nitrogens is 1. The number of hydrogen-bond donors (Lipinski definition) is 0. The zero-order valence-corrected chi connectivity index (χ0v) is 14.3. The van der Waals surface area contributed by atoms with E-state index in [4.69, 9.17) is 9.05 Å². The van der Waals surface area contributed by atoms with E-state index in [1.165, 1.54) is 0 Å². The third-order valence-corrected chi connectivity index (χ3v) is 5.26. The minimum absolute atomic E-state index is 0.138. The van der Waals surface area contributed by atoms with Crippen LogP contribution in [0.1, 0.15) is 39.0 Å². The molecule has 2 aromatic heterocycles. The molecule has 116 valence electrons. The molecule has 0 atom stereocenters. The molecule has 0 radical (unpaired) electrons. The van der Waals surface area contributed by atoms with Gasteiger partial charge in [-0.2, -0.15) is 0 Å². The molecule has 0 unspecified atom stereocenters. The normalized spacial score (nSPS) is 12.7. The molecule has 0 aromatic carbocycles. The van der Waals surface area contributed by atoms with Gasteiger partial charge in [0.25, 0.3) is 0 Å². The highest BCUT2D eigenvalue weighted by atomic mass is 31.2. The van der Waals surface area contributed by atoms with Crippen molar-refractivity contribution < 1.29 is 13.6 Å². The standard InChI is InChI=1S/C16H24NO3P/c1-12(2)19-21(18,20-13(3)4)11-16-14(5)10-15-8-6-7-9-17(15)16/h6-10,12-13H,11H2,1-5H3. The highest BCUT2D eigenvalue weighted by Crippen LogP contribution is 2.54. The SMILES string of the molecule is Cc1cc2ccccn2c1CP(=O)(OC(C)C)OC(C)C. The average molecular weight is 309 g/mol. The molecule has 5 heteroatoms. The van der Waals surface area contributed by atoms with Crippen molar-refractivity contribution >= 4 is 13.1 Å². The molecule has 0 aliphatic heterocycles. The maximum Gasteiger partial charge on any atom is 0.337 e. The van der Waals surface area contributed by atoms with Crippen molar-refractivity contribution in [3.05, 3.63) is 41.7 Å². The van der Waals surface area contributed by atoms with Crippen LogP contribution in [-0.4, -0.2) is 16.6 Å². The third kappa shape index (κ3) is 3.97. The van der Waals surface area contributed by atoms with E-state index in [9.17, 15) is 4.57 Å². The van der Waals surface area contributed by atoms with Crippen LogP contribution in [0.2, 0.25) is 0 Å². The van der Waals surface area contributed by atoms with Gasteiger partial charge in [0.1, 0.15) is 0 Å². The topological polar surface area (TPSA) is 39.9 Å². The van der Waals surface area contributed by atoms with Crippen molar-refractivity contribution in [2.45, 2.75) is 53.0 Å². The maximum absolute atomic E-state index is 13.0. The molecule has 0 saturated heterocycles. The van der Waals surface area contributed by atoms with E-state index in [0.29, 0.717) is 0 Å². The van der Waals surface area contributed by atoms with E-state index < -0.39 is 7.60 Å². The highest BCUT2D eigenvalue weighted by molar-refractivity contribution is 7.53. The predicted molar refractivity (Wildman–Crippen MR) is 85.9 cm³/mol. The quantitative estimate of drug-likeness (QED) is 0.720. The van der Waals surface area contributed by atoms with Gasteiger partial charge in [-0.05, 0) is 58.4 Å². The molecule has 0 aliphatic rings. The Hall–Kier alpha value is -1.09. The van der Waals surface area contributed by atoms with Gasteiger partial charge in [0.2, 0.25) is 0 Å². The van der Waals surface area contributed by atoms with Gasteiger partial charge < -0.3 is 13.4 Å². The number of aryl methyl sites for hydroxylation is 1. The van der Waals surface area contributed by atoms with E-state index in [-0.39, 0.29) is 18.4 Å². The largest absolute Gasteiger partial charge is 0.337 e. The summed E-state index contributed by atoms with van der Waals surface area (Å²) in [5.74, 6) is 0. The van der Waals surface area contributed by atoms with Crippen LogP contribution in [0.5, 0.6) is 0 Å². The van der Waals surface area contributed by atoms with Crippen molar-refractivity contribution in [1.82, 2.24) is 4.40 Å². The van der Waals surface area contributed by atoms with Crippen molar-refractivity contribution in [1.29, 1.82) is 0 Å². The molecule has 0 amide bonds. The molecule has 0 saturated carbocycles. The molecule has 0 N–H and O–H groups in total. The van der Waals surface area contributed by atoms with Gasteiger partial charge in [0.05, 0.1) is 18.4 Å². The minimum Gasteiger partial charge on any atom is -0.320 e. The van der Waals surface area contributed by atoms with Crippen molar-refractivity contribution in [3.63, 3.8) is 0 Å². The van der Waals surface area contributed by atoms with E-state index in [1.54, 1.807) is 0 Å². The van der Waals surface area contributed by atoms with Gasteiger partial charge in [-0.15, -0.1) is 0 Å². The summed E-state index contributed by atoms with van der Waals surface area (Å²) in [4.78, 5) is 0. The maximum atomic E-state index is 13.0. The van der Waals surface area contributed by atoms with Crippen molar-refractivity contribution in [2.24, 2.45) is 0 Å². The van der Waals surface area contributed by atoms with E-state index in [1.807, 2.05) is 59.0 Å². The summed E-state index contributed by atoms with van der Waals surface area (Å²) < 4.78 is 26.4. The number of nitrogens with zero attached hydrogens (tertiary/aromatic N) is 1. The molecule has 0 fully saturated rings. The Bertz CT molecular complexity index is 647. The van der Waals surface area contributed by atoms with Gasteiger partial charge in [0.15, 0.2) is 0 Å². The number of hydrogen-bond acceptors (Lipinski definition) is 3. The Labute approximate surface area is 126 Å². The van der Waals surface area contributed by atoms with Crippen LogP contribution in [0.4, 0.5) is 0 Å². The zero-order chi connectivity index (χ0) is 15.6. The summed E-state index contributed by atoms with van der Waals surface area (Å²) in [5.41, 5.74) is 3.17. The van der Waals surface area contributed by atoms with E-state index in [0.717, 1.165) is 16.8 Å². The zero-order valence-electron chi connectivity index (χ0n) is 13.4. The Kier molecular flexibility index (Phi) is 4.92. The van der Waals surface area contributed by atoms with E-state index >= 15 is 0 Å². The first-order valence-corrected chi connectivity index (χ1v) is 9.05. The summed E-state index contributed by atoms with van der Waals surface area (Å²) in [6, 6.07) is 8.08. The monoisotopic (exact) mass is 309 g/mol. The first-order chi connectivity index (χ1) is 9.81. The molecule has 21 heavy (non-hydrogen) atoms. The molecular formula is C16H24NO3P. The fraction of sp³-hybridized carbons (Fsp3) is 0.500. The Morgan fingerprint density at radius 2 is 1.76 bits per heavy atom. The Morgan fingerprint density at radius 1 is 1.14 bits per heavy atom. The molecular weight excluding hydrogens is 285 g/mol. The summed E-state index contributed by atoms with van der Waals surface area (Å²) in [5, 5.41) is 0. The lowest BCUT2D eigenvalue weighted by Crippen LogP contribution is -2.10. The molecule has 4 nitrogen and oxygen atoms in total. The van der Waals surface area contributed by atoms with Gasteiger partial charge in [-0.3, -0.25) is 4.57 Å². The smallest absolute Gasteiger partial charge is 0.320 e. The predicted octanol–water partition coefficient (Wildman–Crippen LogP) is 4.79. The van der Waals surface area contributed by atoms with Crippen LogP contribution >= 0.6 is 7.60 Å². The van der Waals surface area contributed by atoms with Gasteiger partial charge in [-0.1, -0.05) is 6.07 Å². The van der Waals surface area contributed by atoms with Gasteiger partial charge >= 0.3 is 7.60 Å². The lowest BCUT2D eigenvalue weighted by Gasteiger charge is -2.23. The average Bonchev–Trinajstić information content (AvgIpc) is 2.63. The molecule has 0 bridgehead atoms. The number of fused-ring (bicyclic) bond motifs is 1. The van der Waals surface area contributed by atoms with Crippen LogP contribution in [0.25, 0.3) is 5.52 Å². The second-order valence-corrected chi connectivity index (χ2v) is 7.81. The second kappa shape index (κ2) is 6.35. The van der Waals surface area contributed by atoms with E-state index in [2.05, 4.69) is 10.5 Å². The van der Waals surface area contributed by atoms with Crippen molar-refractivity contribution in [2.75, 3.05) is 0 Å². The molecule has 0 aliphatic carbocycles. The first-order valence-electron chi connectivity index (χ1n) is 7.32. The van der Waals surface area contributed by atoms with Crippen LogP contribution in [0, 0.1) is 6.92 Å². The summed E-state index contributed by atoms with van der Waals surface area (Å²) in [6.45, 7) is 9.52. The molecule has 2 rings (SSSR count). The lowest BCUT2D eigenvalue weighted by molar-refractivity contribution is 0.141. The van der Waals surface area contributed by atoms with Crippen LogP contribution in [0.15, 0.2) is 30.5 Å². The van der Waals surface area contributed by atoms with Crippen LogP contribution in [0.3, 0.4) is 0 Å². The van der Waals surface area contributed by atoms with Crippen molar-refractivity contribution in [3.8, 4) is 0 Å². The fourth-order valence-corrected chi connectivity index (χ4v) is 4.69. The third-order valence-electron chi connectivity index (χ3n) is 3.09. The van der Waals surface area contributed by atoms with Gasteiger partial charge in [-0.25, -0.2) is 0 Å². The fourth-order valence-electron chi connectivity index (χ4n) is 2.44.